The SMILES string of the molecule is O=C(c1cccc(OCCN2CCOCC2)c1)N1CCCC(Cc2cccc3ccncc23)CC1. The van der Waals surface area contributed by atoms with E-state index in [1.807, 2.05) is 41.6 Å². The van der Waals surface area contributed by atoms with Gasteiger partial charge in [0.05, 0.1) is 13.2 Å². The summed E-state index contributed by atoms with van der Waals surface area (Å²) in [5, 5.41) is 2.49. The second kappa shape index (κ2) is 11.6. The summed E-state index contributed by atoms with van der Waals surface area (Å²) in [5.74, 6) is 1.45. The van der Waals surface area contributed by atoms with Gasteiger partial charge in [-0.05, 0) is 66.8 Å². The standard InChI is InChI=1S/C29H35N3O3/c33-29(26-7-2-8-27(21-26)35-19-16-31-14-17-34-18-15-31)32-12-3-4-23(10-13-32)20-25-6-1-5-24-9-11-30-22-28(24)25/h1-2,5-9,11,21-23H,3-4,10,12-20H2. The van der Waals surface area contributed by atoms with Gasteiger partial charge in [-0.1, -0.05) is 24.3 Å². The minimum Gasteiger partial charge on any atom is -0.492 e. The van der Waals surface area contributed by atoms with Gasteiger partial charge in [-0.3, -0.25) is 14.7 Å². The van der Waals surface area contributed by atoms with Crippen molar-refractivity contribution in [3.8, 4) is 5.75 Å². The molecule has 3 heterocycles. The molecule has 0 bridgehead atoms. The van der Waals surface area contributed by atoms with Crippen LogP contribution >= 0.6 is 0 Å². The van der Waals surface area contributed by atoms with Crippen molar-refractivity contribution in [2.45, 2.75) is 25.7 Å². The quantitative estimate of drug-likeness (QED) is 0.508. The number of aromatic nitrogens is 1. The van der Waals surface area contributed by atoms with Gasteiger partial charge in [0.2, 0.25) is 0 Å². The summed E-state index contributed by atoms with van der Waals surface area (Å²) in [5.41, 5.74) is 2.08. The van der Waals surface area contributed by atoms with Gasteiger partial charge in [-0.2, -0.15) is 0 Å². The molecule has 0 spiro atoms. The highest BCUT2D eigenvalue weighted by Gasteiger charge is 2.22. The van der Waals surface area contributed by atoms with Gasteiger partial charge in [0.25, 0.3) is 5.91 Å². The van der Waals surface area contributed by atoms with Gasteiger partial charge in [0, 0.05) is 56.1 Å². The van der Waals surface area contributed by atoms with Crippen molar-refractivity contribution in [3.63, 3.8) is 0 Å². The van der Waals surface area contributed by atoms with Gasteiger partial charge >= 0.3 is 0 Å². The average Bonchev–Trinajstić information content (AvgIpc) is 3.15. The zero-order valence-electron chi connectivity index (χ0n) is 20.4. The third-order valence-corrected chi connectivity index (χ3v) is 7.28. The number of morpholine rings is 1. The van der Waals surface area contributed by atoms with Crippen LogP contribution in [0.2, 0.25) is 0 Å². The van der Waals surface area contributed by atoms with E-state index in [0.717, 1.165) is 77.4 Å². The van der Waals surface area contributed by atoms with E-state index in [4.69, 9.17) is 9.47 Å². The largest absolute Gasteiger partial charge is 0.492 e. The number of amides is 1. The van der Waals surface area contributed by atoms with Crippen LogP contribution in [0, 0.1) is 5.92 Å². The Morgan fingerprint density at radius 3 is 2.83 bits per heavy atom. The average molecular weight is 474 g/mol. The molecular weight excluding hydrogens is 438 g/mol. The highest BCUT2D eigenvalue weighted by Crippen LogP contribution is 2.27. The molecule has 1 unspecified atom stereocenters. The second-order valence-corrected chi connectivity index (χ2v) is 9.64. The van der Waals surface area contributed by atoms with Gasteiger partial charge in [-0.15, -0.1) is 0 Å². The molecule has 2 aromatic carbocycles. The fourth-order valence-corrected chi connectivity index (χ4v) is 5.26. The Bertz CT molecular complexity index is 1120. The third kappa shape index (κ3) is 6.19. The predicted molar refractivity (Wildman–Crippen MR) is 138 cm³/mol. The van der Waals surface area contributed by atoms with Crippen molar-refractivity contribution in [1.82, 2.24) is 14.8 Å². The minimum atomic E-state index is 0.110. The molecule has 0 N–H and O–H groups in total. The highest BCUT2D eigenvalue weighted by molar-refractivity contribution is 5.94. The first-order chi connectivity index (χ1) is 17.3. The number of ether oxygens (including phenoxy) is 2. The third-order valence-electron chi connectivity index (χ3n) is 7.28. The molecule has 3 aromatic rings. The lowest BCUT2D eigenvalue weighted by Gasteiger charge is -2.26. The van der Waals surface area contributed by atoms with E-state index < -0.39 is 0 Å². The van der Waals surface area contributed by atoms with Crippen LogP contribution in [0.4, 0.5) is 0 Å². The number of nitrogens with zero attached hydrogens (tertiary/aromatic N) is 3. The van der Waals surface area contributed by atoms with Crippen LogP contribution in [-0.4, -0.2) is 73.2 Å². The van der Waals surface area contributed by atoms with Crippen LogP contribution in [0.25, 0.3) is 10.8 Å². The molecule has 0 aliphatic carbocycles. The molecule has 0 radical (unpaired) electrons. The van der Waals surface area contributed by atoms with E-state index in [9.17, 15) is 4.79 Å². The van der Waals surface area contributed by atoms with Crippen LogP contribution < -0.4 is 4.74 Å². The number of fused-ring (bicyclic) bond motifs is 1. The van der Waals surface area contributed by atoms with Crippen LogP contribution in [0.5, 0.6) is 5.75 Å². The summed E-state index contributed by atoms with van der Waals surface area (Å²) in [6.45, 7) is 6.60. The maximum absolute atomic E-state index is 13.3. The molecule has 35 heavy (non-hydrogen) atoms. The Balaban J connectivity index is 1.16. The minimum absolute atomic E-state index is 0.110. The zero-order chi connectivity index (χ0) is 23.9. The fourth-order valence-electron chi connectivity index (χ4n) is 5.26. The lowest BCUT2D eigenvalue weighted by molar-refractivity contribution is 0.0322. The van der Waals surface area contributed by atoms with E-state index in [-0.39, 0.29) is 5.91 Å². The van der Waals surface area contributed by atoms with E-state index in [1.165, 1.54) is 16.3 Å². The highest BCUT2D eigenvalue weighted by atomic mass is 16.5. The first-order valence-electron chi connectivity index (χ1n) is 12.9. The number of rotatable bonds is 7. The van der Waals surface area contributed by atoms with Crippen molar-refractivity contribution in [2.75, 3.05) is 52.5 Å². The van der Waals surface area contributed by atoms with Crippen molar-refractivity contribution in [1.29, 1.82) is 0 Å². The molecule has 2 aliphatic heterocycles. The molecule has 6 heteroatoms. The van der Waals surface area contributed by atoms with Crippen molar-refractivity contribution < 1.29 is 14.3 Å². The molecule has 1 amide bonds. The Hall–Kier alpha value is -2.96. The zero-order valence-corrected chi connectivity index (χ0v) is 20.4. The van der Waals surface area contributed by atoms with E-state index in [2.05, 4.69) is 34.1 Å². The topological polar surface area (TPSA) is 54.9 Å². The molecule has 2 aliphatic rings. The molecule has 1 aromatic heterocycles. The molecule has 2 fully saturated rings. The van der Waals surface area contributed by atoms with Gasteiger partial charge in [0.1, 0.15) is 12.4 Å². The van der Waals surface area contributed by atoms with Crippen molar-refractivity contribution in [2.24, 2.45) is 5.92 Å². The summed E-state index contributed by atoms with van der Waals surface area (Å²) in [6, 6.07) is 16.2. The van der Waals surface area contributed by atoms with E-state index in [1.54, 1.807) is 0 Å². The predicted octanol–water partition coefficient (Wildman–Crippen LogP) is 4.43. The number of carbonyl (C=O) groups excluding carboxylic acids is 1. The Morgan fingerprint density at radius 2 is 1.91 bits per heavy atom. The van der Waals surface area contributed by atoms with Crippen LogP contribution in [0.15, 0.2) is 60.9 Å². The molecule has 2 saturated heterocycles. The van der Waals surface area contributed by atoms with E-state index in [0.29, 0.717) is 18.1 Å². The van der Waals surface area contributed by atoms with Crippen LogP contribution in [0.3, 0.4) is 0 Å². The number of pyridine rings is 1. The van der Waals surface area contributed by atoms with Crippen LogP contribution in [-0.2, 0) is 11.2 Å². The maximum atomic E-state index is 13.3. The number of benzene rings is 2. The summed E-state index contributed by atoms with van der Waals surface area (Å²) in [7, 11) is 0. The Kier molecular flexibility index (Phi) is 7.91. The van der Waals surface area contributed by atoms with E-state index >= 15 is 0 Å². The Morgan fingerprint density at radius 1 is 1.03 bits per heavy atom. The summed E-state index contributed by atoms with van der Waals surface area (Å²) in [6.07, 6.45) is 8.08. The molecule has 0 saturated carbocycles. The van der Waals surface area contributed by atoms with Crippen molar-refractivity contribution in [3.05, 3.63) is 72.1 Å². The fraction of sp³-hybridized carbons (Fsp3) is 0.448. The smallest absolute Gasteiger partial charge is 0.253 e. The van der Waals surface area contributed by atoms with Gasteiger partial charge in [-0.25, -0.2) is 0 Å². The summed E-state index contributed by atoms with van der Waals surface area (Å²) in [4.78, 5) is 22.0. The monoisotopic (exact) mass is 473 g/mol. The Labute approximate surface area is 207 Å². The maximum Gasteiger partial charge on any atom is 0.253 e. The van der Waals surface area contributed by atoms with Gasteiger partial charge < -0.3 is 14.4 Å². The molecule has 6 nitrogen and oxygen atoms in total. The van der Waals surface area contributed by atoms with Gasteiger partial charge in [0.15, 0.2) is 0 Å². The summed E-state index contributed by atoms with van der Waals surface area (Å²) < 4.78 is 11.4. The molecule has 1 atom stereocenters. The molecule has 5 rings (SSSR count). The normalized spacial score (nSPS) is 19.4. The molecular formula is C29H35N3O3. The van der Waals surface area contributed by atoms with Crippen LogP contribution in [0.1, 0.15) is 35.2 Å². The first-order valence-corrected chi connectivity index (χ1v) is 12.9. The summed E-state index contributed by atoms with van der Waals surface area (Å²) >= 11 is 0. The number of hydrogen-bond acceptors (Lipinski definition) is 5. The molecule has 184 valence electrons. The first kappa shape index (κ1) is 23.8. The number of likely N-dealkylation sites (tertiary alicyclic amines) is 1. The number of carbonyl (C=O) groups is 1. The lowest BCUT2D eigenvalue weighted by atomic mass is 9.91. The number of hydrogen-bond donors (Lipinski definition) is 0. The lowest BCUT2D eigenvalue weighted by Crippen LogP contribution is -2.38. The second-order valence-electron chi connectivity index (χ2n) is 9.64. The van der Waals surface area contributed by atoms with Crippen molar-refractivity contribution >= 4 is 16.7 Å².